The molecule has 29 heavy (non-hydrogen) atoms. The van der Waals surface area contributed by atoms with Crippen LogP contribution in [0, 0.1) is 13.8 Å². The molecule has 2 aromatic rings. The summed E-state index contributed by atoms with van der Waals surface area (Å²) in [5, 5.41) is 15.1. The van der Waals surface area contributed by atoms with Gasteiger partial charge in [-0.3, -0.25) is 0 Å². The minimum Gasteiger partial charge on any atom is -0.494 e. The van der Waals surface area contributed by atoms with Crippen LogP contribution in [0.2, 0.25) is 0 Å². The average Bonchev–Trinajstić information content (AvgIpc) is 3.00. The largest absolute Gasteiger partial charge is 0.494 e. The highest BCUT2D eigenvalue weighted by Crippen LogP contribution is 2.21. The SMILES string of the molecule is CCOc1cc(C)ccc1CN=C(NCCCSC)NCc1nnc(C)n1C.I. The summed E-state index contributed by atoms with van der Waals surface area (Å²) in [5.41, 5.74) is 2.26. The van der Waals surface area contributed by atoms with E-state index in [1.54, 1.807) is 0 Å². The van der Waals surface area contributed by atoms with E-state index < -0.39 is 0 Å². The Morgan fingerprint density at radius 3 is 2.69 bits per heavy atom. The van der Waals surface area contributed by atoms with Crippen molar-refractivity contribution in [2.75, 3.05) is 25.2 Å². The highest BCUT2D eigenvalue weighted by Gasteiger charge is 2.08. The van der Waals surface area contributed by atoms with E-state index in [0.29, 0.717) is 19.7 Å². The lowest BCUT2D eigenvalue weighted by Crippen LogP contribution is -2.38. The molecule has 0 aliphatic heterocycles. The molecule has 0 spiro atoms. The van der Waals surface area contributed by atoms with E-state index >= 15 is 0 Å². The van der Waals surface area contributed by atoms with Crippen LogP contribution in [0.25, 0.3) is 0 Å². The Hall–Kier alpha value is -1.49. The number of aryl methyl sites for hydroxylation is 2. The molecular weight excluding hydrogens is 499 g/mol. The summed E-state index contributed by atoms with van der Waals surface area (Å²) >= 11 is 1.85. The van der Waals surface area contributed by atoms with Gasteiger partial charge in [0.2, 0.25) is 0 Å². The van der Waals surface area contributed by atoms with Crippen LogP contribution in [0.4, 0.5) is 0 Å². The van der Waals surface area contributed by atoms with Crippen LogP contribution in [0.5, 0.6) is 5.75 Å². The topological polar surface area (TPSA) is 76.4 Å². The summed E-state index contributed by atoms with van der Waals surface area (Å²) in [5.74, 6) is 4.56. The number of thioether (sulfide) groups is 1. The molecule has 0 saturated carbocycles. The van der Waals surface area contributed by atoms with Gasteiger partial charge in [-0.15, -0.1) is 34.2 Å². The van der Waals surface area contributed by atoms with Gasteiger partial charge in [0.05, 0.1) is 19.7 Å². The van der Waals surface area contributed by atoms with E-state index in [0.717, 1.165) is 47.6 Å². The Labute approximate surface area is 195 Å². The van der Waals surface area contributed by atoms with Gasteiger partial charge in [-0.2, -0.15) is 11.8 Å². The molecule has 1 aromatic heterocycles. The monoisotopic (exact) mass is 532 g/mol. The fourth-order valence-electron chi connectivity index (χ4n) is 2.61. The third kappa shape index (κ3) is 8.41. The minimum atomic E-state index is 0. The van der Waals surface area contributed by atoms with Crippen LogP contribution in [0.15, 0.2) is 23.2 Å². The van der Waals surface area contributed by atoms with E-state index in [9.17, 15) is 0 Å². The Balaban J connectivity index is 0.00000420. The van der Waals surface area contributed by atoms with E-state index in [1.165, 1.54) is 5.56 Å². The maximum absolute atomic E-state index is 5.78. The van der Waals surface area contributed by atoms with Gasteiger partial charge >= 0.3 is 0 Å². The zero-order valence-electron chi connectivity index (χ0n) is 18.0. The average molecular weight is 532 g/mol. The number of aromatic nitrogens is 3. The normalized spacial score (nSPS) is 11.1. The summed E-state index contributed by atoms with van der Waals surface area (Å²) in [4.78, 5) is 4.77. The number of halogens is 1. The summed E-state index contributed by atoms with van der Waals surface area (Å²) in [6.45, 7) is 8.64. The van der Waals surface area contributed by atoms with Crippen LogP contribution in [0.1, 0.15) is 36.1 Å². The Kier molecular flexibility index (Phi) is 12.1. The molecule has 1 heterocycles. The van der Waals surface area contributed by atoms with Gasteiger partial charge in [0.15, 0.2) is 11.8 Å². The highest BCUT2D eigenvalue weighted by atomic mass is 127. The van der Waals surface area contributed by atoms with E-state index in [4.69, 9.17) is 9.73 Å². The van der Waals surface area contributed by atoms with Gasteiger partial charge in [-0.1, -0.05) is 12.1 Å². The Morgan fingerprint density at radius 2 is 2.03 bits per heavy atom. The summed E-state index contributed by atoms with van der Waals surface area (Å²) in [6, 6.07) is 6.24. The standard InChI is InChI=1S/C20H32N6OS.HI/c1-6-27-18-12-15(2)8-9-17(18)13-22-20(21-10-7-11-28-5)23-14-19-25-24-16(3)26(19)4;/h8-9,12H,6-7,10-11,13-14H2,1-5H3,(H2,21,22,23);1H. The van der Waals surface area contributed by atoms with Gasteiger partial charge in [0, 0.05) is 19.2 Å². The quantitative estimate of drug-likeness (QED) is 0.211. The fourth-order valence-corrected chi connectivity index (χ4v) is 3.04. The minimum absolute atomic E-state index is 0. The molecule has 2 N–H and O–H groups in total. The lowest BCUT2D eigenvalue weighted by molar-refractivity contribution is 0.336. The molecule has 0 aliphatic rings. The smallest absolute Gasteiger partial charge is 0.191 e. The molecule has 7 nitrogen and oxygen atoms in total. The van der Waals surface area contributed by atoms with Gasteiger partial charge in [-0.25, -0.2) is 4.99 Å². The lowest BCUT2D eigenvalue weighted by Gasteiger charge is -2.14. The first-order valence-corrected chi connectivity index (χ1v) is 11.0. The van der Waals surface area contributed by atoms with Crippen LogP contribution in [-0.4, -0.2) is 45.9 Å². The Morgan fingerprint density at radius 1 is 1.24 bits per heavy atom. The number of benzene rings is 1. The van der Waals surface area contributed by atoms with Crippen LogP contribution >= 0.6 is 35.7 Å². The molecule has 0 amide bonds. The molecule has 0 radical (unpaired) electrons. The first kappa shape index (κ1) is 25.5. The van der Waals surface area contributed by atoms with Crippen molar-refractivity contribution >= 4 is 41.7 Å². The second-order valence-electron chi connectivity index (χ2n) is 6.56. The van der Waals surface area contributed by atoms with Crippen molar-refractivity contribution in [1.29, 1.82) is 0 Å². The van der Waals surface area contributed by atoms with E-state index in [2.05, 4.69) is 52.2 Å². The zero-order valence-corrected chi connectivity index (χ0v) is 21.1. The number of rotatable bonds is 10. The molecule has 162 valence electrons. The molecular formula is C20H33IN6OS. The number of aliphatic imine (C=N–C) groups is 1. The predicted molar refractivity (Wildman–Crippen MR) is 132 cm³/mol. The molecule has 0 fully saturated rings. The van der Waals surface area contributed by atoms with Gasteiger partial charge in [0.25, 0.3) is 0 Å². The van der Waals surface area contributed by atoms with Crippen molar-refractivity contribution in [3.63, 3.8) is 0 Å². The molecule has 0 saturated heterocycles. The van der Waals surface area contributed by atoms with Gasteiger partial charge in [-0.05, 0) is 50.8 Å². The summed E-state index contributed by atoms with van der Waals surface area (Å²) in [7, 11) is 1.97. The number of guanidine groups is 1. The third-order valence-corrected chi connectivity index (χ3v) is 5.04. The highest BCUT2D eigenvalue weighted by molar-refractivity contribution is 14.0. The molecule has 2 rings (SSSR count). The van der Waals surface area contributed by atoms with Crippen molar-refractivity contribution in [3.8, 4) is 5.75 Å². The van der Waals surface area contributed by atoms with Crippen molar-refractivity contribution in [1.82, 2.24) is 25.4 Å². The second kappa shape index (κ2) is 13.7. The first-order valence-electron chi connectivity index (χ1n) is 9.63. The van der Waals surface area contributed by atoms with Crippen LogP contribution in [-0.2, 0) is 20.1 Å². The van der Waals surface area contributed by atoms with Crippen LogP contribution in [0.3, 0.4) is 0 Å². The van der Waals surface area contributed by atoms with Crippen molar-refractivity contribution in [2.24, 2.45) is 12.0 Å². The fraction of sp³-hybridized carbons (Fsp3) is 0.550. The molecule has 0 atom stereocenters. The number of hydrogen-bond acceptors (Lipinski definition) is 5. The zero-order chi connectivity index (χ0) is 20.4. The summed E-state index contributed by atoms with van der Waals surface area (Å²) < 4.78 is 7.75. The number of hydrogen-bond donors (Lipinski definition) is 2. The van der Waals surface area contributed by atoms with Crippen molar-refractivity contribution in [3.05, 3.63) is 41.0 Å². The third-order valence-electron chi connectivity index (χ3n) is 4.34. The predicted octanol–water partition coefficient (Wildman–Crippen LogP) is 3.44. The lowest BCUT2D eigenvalue weighted by atomic mass is 10.1. The van der Waals surface area contributed by atoms with Crippen LogP contribution < -0.4 is 15.4 Å². The number of nitrogens with one attached hydrogen (secondary N) is 2. The maximum atomic E-state index is 5.78. The molecule has 1 aromatic carbocycles. The van der Waals surface area contributed by atoms with E-state index in [-0.39, 0.29) is 24.0 Å². The van der Waals surface area contributed by atoms with E-state index in [1.807, 2.05) is 37.2 Å². The van der Waals surface area contributed by atoms with Gasteiger partial charge < -0.3 is 19.9 Å². The molecule has 0 aliphatic carbocycles. The molecule has 0 bridgehead atoms. The van der Waals surface area contributed by atoms with Crippen molar-refractivity contribution in [2.45, 2.75) is 40.3 Å². The van der Waals surface area contributed by atoms with Crippen molar-refractivity contribution < 1.29 is 4.74 Å². The number of nitrogens with zero attached hydrogens (tertiary/aromatic N) is 4. The maximum Gasteiger partial charge on any atom is 0.191 e. The number of ether oxygens (including phenoxy) is 1. The Bertz CT molecular complexity index is 780. The van der Waals surface area contributed by atoms with Gasteiger partial charge in [0.1, 0.15) is 11.6 Å². The first-order chi connectivity index (χ1) is 13.5. The summed E-state index contributed by atoms with van der Waals surface area (Å²) in [6.07, 6.45) is 3.20. The second-order valence-corrected chi connectivity index (χ2v) is 7.54. The molecule has 0 unspecified atom stereocenters. The molecule has 9 heteroatoms.